The Balaban J connectivity index is 1.46. The van der Waals surface area contributed by atoms with E-state index in [4.69, 9.17) is 32.7 Å². The summed E-state index contributed by atoms with van der Waals surface area (Å²) < 4.78 is 11.0. The van der Waals surface area contributed by atoms with E-state index in [0.29, 0.717) is 16.5 Å². The molecule has 9 heteroatoms. The second-order valence-electron chi connectivity index (χ2n) is 6.27. The lowest BCUT2D eigenvalue weighted by Gasteiger charge is -2.16. The SMILES string of the molecule is CC(OC(=O)c1cc2c(s1)-c1ccccc1OC2)C(=O)Nc1ncc(Cl)cc1Cl. The van der Waals surface area contributed by atoms with E-state index < -0.39 is 18.0 Å². The molecule has 6 nitrogen and oxygen atoms in total. The number of esters is 1. The number of amides is 1. The van der Waals surface area contributed by atoms with E-state index in [1.807, 2.05) is 24.3 Å². The molecule has 0 radical (unpaired) electrons. The molecule has 1 unspecified atom stereocenters. The van der Waals surface area contributed by atoms with Crippen molar-refractivity contribution in [3.8, 4) is 16.2 Å². The minimum Gasteiger partial charge on any atom is -0.488 e. The highest BCUT2D eigenvalue weighted by molar-refractivity contribution is 7.17. The number of hydrogen-bond acceptors (Lipinski definition) is 6. The molecule has 0 fully saturated rings. The fourth-order valence-corrected chi connectivity index (χ4v) is 4.30. The largest absolute Gasteiger partial charge is 0.488 e. The van der Waals surface area contributed by atoms with Gasteiger partial charge in [0.25, 0.3) is 5.91 Å². The van der Waals surface area contributed by atoms with Crippen molar-refractivity contribution < 1.29 is 19.1 Å². The number of benzene rings is 1. The predicted octanol–water partition coefficient (Wildman–Crippen LogP) is 5.19. The smallest absolute Gasteiger partial charge is 0.349 e. The number of anilines is 1. The van der Waals surface area contributed by atoms with Crippen molar-refractivity contribution in [2.75, 3.05) is 5.32 Å². The topological polar surface area (TPSA) is 77.5 Å². The first-order valence-corrected chi connectivity index (χ1v) is 10.2. The number of thiophene rings is 1. The van der Waals surface area contributed by atoms with Gasteiger partial charge in [0, 0.05) is 22.2 Å². The van der Waals surface area contributed by atoms with Crippen molar-refractivity contribution in [3.63, 3.8) is 0 Å². The van der Waals surface area contributed by atoms with Gasteiger partial charge in [0.05, 0.1) is 10.0 Å². The van der Waals surface area contributed by atoms with E-state index in [0.717, 1.165) is 21.8 Å². The van der Waals surface area contributed by atoms with Crippen LogP contribution in [0.4, 0.5) is 5.82 Å². The molecule has 4 rings (SSSR count). The summed E-state index contributed by atoms with van der Waals surface area (Å²) in [5.74, 6) is -0.212. The molecular weight excluding hydrogens is 435 g/mol. The molecule has 1 aliphatic rings. The maximum Gasteiger partial charge on any atom is 0.349 e. The zero-order chi connectivity index (χ0) is 20.5. The first kappa shape index (κ1) is 19.7. The number of fused-ring (bicyclic) bond motifs is 3. The van der Waals surface area contributed by atoms with Crippen LogP contribution in [0.3, 0.4) is 0 Å². The molecule has 1 aliphatic heterocycles. The Hall–Kier alpha value is -2.61. The maximum absolute atomic E-state index is 12.6. The number of carbonyl (C=O) groups excluding carboxylic acids is 2. The highest BCUT2D eigenvalue weighted by Gasteiger charge is 2.25. The van der Waals surface area contributed by atoms with Crippen molar-refractivity contribution in [1.82, 2.24) is 4.98 Å². The van der Waals surface area contributed by atoms with Crippen LogP contribution in [0.2, 0.25) is 10.0 Å². The number of ether oxygens (including phenoxy) is 2. The molecule has 148 valence electrons. The van der Waals surface area contributed by atoms with Gasteiger partial charge in [-0.25, -0.2) is 9.78 Å². The predicted molar refractivity (Wildman–Crippen MR) is 112 cm³/mol. The third-order valence-electron chi connectivity index (χ3n) is 4.23. The van der Waals surface area contributed by atoms with Gasteiger partial charge in [0.15, 0.2) is 11.9 Å². The molecule has 0 aliphatic carbocycles. The quantitative estimate of drug-likeness (QED) is 0.555. The number of nitrogens with zero attached hydrogens (tertiary/aromatic N) is 1. The van der Waals surface area contributed by atoms with Crippen LogP contribution in [0.25, 0.3) is 10.4 Å². The first-order valence-electron chi connectivity index (χ1n) is 8.60. The lowest BCUT2D eigenvalue weighted by atomic mass is 10.1. The van der Waals surface area contributed by atoms with Gasteiger partial charge in [0.2, 0.25) is 0 Å². The molecule has 2 aromatic heterocycles. The Labute approximate surface area is 180 Å². The van der Waals surface area contributed by atoms with Crippen LogP contribution >= 0.6 is 34.5 Å². The molecule has 29 heavy (non-hydrogen) atoms. The molecule has 1 amide bonds. The summed E-state index contributed by atoms with van der Waals surface area (Å²) in [7, 11) is 0. The molecular formula is C20H14Cl2N2O4S. The van der Waals surface area contributed by atoms with Crippen molar-refractivity contribution in [3.05, 3.63) is 63.1 Å². The van der Waals surface area contributed by atoms with Gasteiger partial charge in [-0.2, -0.15) is 0 Å². The van der Waals surface area contributed by atoms with Gasteiger partial charge in [-0.1, -0.05) is 35.3 Å². The number of nitrogens with one attached hydrogen (secondary N) is 1. The summed E-state index contributed by atoms with van der Waals surface area (Å²) in [5, 5.41) is 3.06. The van der Waals surface area contributed by atoms with Crippen LogP contribution in [0.15, 0.2) is 42.6 Å². The van der Waals surface area contributed by atoms with Gasteiger partial charge >= 0.3 is 5.97 Å². The summed E-state index contributed by atoms with van der Waals surface area (Å²) in [6, 6.07) is 10.8. The minimum absolute atomic E-state index is 0.143. The molecule has 0 spiro atoms. The van der Waals surface area contributed by atoms with E-state index in [-0.39, 0.29) is 10.8 Å². The number of hydrogen-bond donors (Lipinski definition) is 1. The fraction of sp³-hybridized carbons (Fsp3) is 0.150. The Morgan fingerprint density at radius 1 is 1.28 bits per heavy atom. The Kier molecular flexibility index (Phi) is 5.45. The van der Waals surface area contributed by atoms with Crippen LogP contribution in [0, 0.1) is 0 Å². The number of para-hydroxylation sites is 1. The maximum atomic E-state index is 12.6. The third kappa shape index (κ3) is 4.07. The normalized spacial score (nSPS) is 12.9. The average molecular weight is 449 g/mol. The van der Waals surface area contributed by atoms with E-state index in [9.17, 15) is 9.59 Å². The van der Waals surface area contributed by atoms with Gasteiger partial charge in [-0.05, 0) is 31.2 Å². The monoisotopic (exact) mass is 448 g/mol. The summed E-state index contributed by atoms with van der Waals surface area (Å²) in [5.41, 5.74) is 1.85. The van der Waals surface area contributed by atoms with E-state index in [1.165, 1.54) is 30.5 Å². The molecule has 0 bridgehead atoms. The standard InChI is InChI=1S/C20H14Cl2N2O4S/c1-10(19(25)24-18-14(22)7-12(21)8-23-18)28-20(26)16-6-11-9-27-15-5-3-2-4-13(15)17(11)29-16/h2-8,10H,9H2,1H3,(H,23,24,25). The number of aromatic nitrogens is 1. The lowest BCUT2D eigenvalue weighted by Crippen LogP contribution is -2.30. The number of rotatable bonds is 4. The van der Waals surface area contributed by atoms with Crippen LogP contribution in [-0.2, 0) is 16.1 Å². The lowest BCUT2D eigenvalue weighted by molar-refractivity contribution is -0.123. The Bertz CT molecular complexity index is 1120. The van der Waals surface area contributed by atoms with Gasteiger partial charge in [0.1, 0.15) is 17.2 Å². The van der Waals surface area contributed by atoms with Gasteiger partial charge < -0.3 is 14.8 Å². The van der Waals surface area contributed by atoms with E-state index in [2.05, 4.69) is 10.3 Å². The van der Waals surface area contributed by atoms with Crippen LogP contribution in [-0.4, -0.2) is 23.0 Å². The average Bonchev–Trinajstić information content (AvgIpc) is 3.15. The van der Waals surface area contributed by atoms with Crippen LogP contribution in [0.1, 0.15) is 22.2 Å². The Morgan fingerprint density at radius 3 is 2.86 bits per heavy atom. The van der Waals surface area contributed by atoms with Crippen molar-refractivity contribution in [2.45, 2.75) is 19.6 Å². The number of halogens is 2. The second-order valence-corrected chi connectivity index (χ2v) is 8.17. The Morgan fingerprint density at radius 2 is 2.07 bits per heavy atom. The molecule has 3 aromatic rings. The molecule has 1 aromatic carbocycles. The molecule has 0 saturated heterocycles. The first-order chi connectivity index (χ1) is 13.9. The summed E-state index contributed by atoms with van der Waals surface area (Å²) >= 11 is 13.1. The zero-order valence-electron chi connectivity index (χ0n) is 15.1. The van der Waals surface area contributed by atoms with Crippen molar-refractivity contribution >= 4 is 52.2 Å². The second kappa shape index (κ2) is 8.02. The van der Waals surface area contributed by atoms with Gasteiger partial charge in [-0.15, -0.1) is 11.3 Å². The molecule has 1 N–H and O–H groups in total. The van der Waals surface area contributed by atoms with Crippen LogP contribution in [0.5, 0.6) is 5.75 Å². The fourth-order valence-electron chi connectivity index (χ4n) is 2.80. The number of pyridine rings is 1. The minimum atomic E-state index is -1.04. The van der Waals surface area contributed by atoms with E-state index in [1.54, 1.807) is 6.07 Å². The van der Waals surface area contributed by atoms with Crippen LogP contribution < -0.4 is 10.1 Å². The summed E-state index contributed by atoms with van der Waals surface area (Å²) in [6.45, 7) is 1.86. The molecule has 1 atom stereocenters. The third-order valence-corrected chi connectivity index (χ3v) is 5.91. The van der Waals surface area contributed by atoms with Crippen molar-refractivity contribution in [1.29, 1.82) is 0 Å². The molecule has 0 saturated carbocycles. The summed E-state index contributed by atoms with van der Waals surface area (Å²) in [6.07, 6.45) is 0.314. The van der Waals surface area contributed by atoms with Gasteiger partial charge in [-0.3, -0.25) is 4.79 Å². The molecule has 3 heterocycles. The highest BCUT2D eigenvalue weighted by Crippen LogP contribution is 2.42. The highest BCUT2D eigenvalue weighted by atomic mass is 35.5. The van der Waals surface area contributed by atoms with Crippen molar-refractivity contribution in [2.24, 2.45) is 0 Å². The van der Waals surface area contributed by atoms with E-state index >= 15 is 0 Å². The zero-order valence-corrected chi connectivity index (χ0v) is 17.4. The summed E-state index contributed by atoms with van der Waals surface area (Å²) in [4.78, 5) is 30.2. The number of carbonyl (C=O) groups is 2.